The van der Waals surface area contributed by atoms with Crippen LogP contribution in [0.25, 0.3) is 0 Å². The average Bonchev–Trinajstić information content (AvgIpc) is 2.26. The van der Waals surface area contributed by atoms with Crippen molar-refractivity contribution in [3.05, 3.63) is 0 Å². The Morgan fingerprint density at radius 1 is 0.733 bits per heavy atom. The van der Waals surface area contributed by atoms with Gasteiger partial charge in [-0.05, 0) is 24.7 Å². The van der Waals surface area contributed by atoms with Crippen LogP contribution in [0.5, 0.6) is 0 Å². The zero-order chi connectivity index (χ0) is 11.5. The molecule has 0 aromatic carbocycles. The summed E-state index contributed by atoms with van der Waals surface area (Å²) >= 11 is 0. The second-order valence-corrected chi connectivity index (χ2v) is 4.71. The van der Waals surface area contributed by atoms with E-state index in [-0.39, 0.29) is 0 Å². The zero-order valence-corrected chi connectivity index (χ0v) is 11.3. The summed E-state index contributed by atoms with van der Waals surface area (Å²) in [5.41, 5.74) is 0. The third-order valence-electron chi connectivity index (χ3n) is 3.32. The molecule has 0 aromatic heterocycles. The van der Waals surface area contributed by atoms with Crippen LogP contribution >= 0.6 is 0 Å². The molecule has 0 saturated heterocycles. The molecule has 2 unspecified atom stereocenters. The second kappa shape index (κ2) is 10.5. The van der Waals surface area contributed by atoms with E-state index in [1.165, 1.54) is 38.5 Å². The van der Waals surface area contributed by atoms with Crippen LogP contribution in [0.4, 0.5) is 0 Å². The predicted molar refractivity (Wildman–Crippen MR) is 69.2 cm³/mol. The first-order valence-electron chi connectivity index (χ1n) is 6.91. The van der Waals surface area contributed by atoms with E-state index in [0.29, 0.717) is 0 Å². The van der Waals surface area contributed by atoms with Gasteiger partial charge in [0.25, 0.3) is 0 Å². The molecule has 0 bridgehead atoms. The van der Waals surface area contributed by atoms with Crippen LogP contribution in [0, 0.1) is 11.8 Å². The third kappa shape index (κ3) is 7.84. The van der Waals surface area contributed by atoms with Gasteiger partial charge in [-0.15, -0.1) is 0 Å². The normalized spacial score (nSPS) is 15.2. The van der Waals surface area contributed by atoms with Crippen LogP contribution < -0.4 is 5.32 Å². The van der Waals surface area contributed by atoms with Gasteiger partial charge in [-0.25, -0.2) is 5.32 Å². The molecule has 0 saturated carbocycles. The maximum Gasteiger partial charge on any atom is 0.0161 e. The van der Waals surface area contributed by atoms with E-state index in [9.17, 15) is 0 Å². The van der Waals surface area contributed by atoms with E-state index >= 15 is 0 Å². The Kier molecular flexibility index (Phi) is 10.4. The lowest BCUT2D eigenvalue weighted by molar-refractivity contribution is 0.374. The summed E-state index contributed by atoms with van der Waals surface area (Å²) in [7, 11) is 0. The molecular weight excluding hydrogens is 182 g/mol. The number of hydrogen-bond donors (Lipinski definition) is 0. The quantitative estimate of drug-likeness (QED) is 0.514. The Bertz CT molecular complexity index is 109. The molecule has 0 N–H and O–H groups in total. The first-order chi connectivity index (χ1) is 7.28. The van der Waals surface area contributed by atoms with Gasteiger partial charge in [0, 0.05) is 13.1 Å². The van der Waals surface area contributed by atoms with Gasteiger partial charge in [-0.3, -0.25) is 0 Å². The molecule has 1 radical (unpaired) electrons. The summed E-state index contributed by atoms with van der Waals surface area (Å²) in [6.07, 6.45) is 7.90. The molecule has 1 heteroatoms. The molecule has 2 atom stereocenters. The van der Waals surface area contributed by atoms with E-state index in [2.05, 4.69) is 27.7 Å². The van der Waals surface area contributed by atoms with Crippen LogP contribution in [-0.2, 0) is 0 Å². The lowest BCUT2D eigenvalue weighted by atomic mass is 9.98. The van der Waals surface area contributed by atoms with E-state index in [1.807, 2.05) is 0 Å². The fourth-order valence-electron chi connectivity index (χ4n) is 2.11. The van der Waals surface area contributed by atoms with Crippen molar-refractivity contribution >= 4 is 0 Å². The highest BCUT2D eigenvalue weighted by molar-refractivity contribution is 4.64. The number of rotatable bonds is 10. The first kappa shape index (κ1) is 15.0. The maximum atomic E-state index is 4.75. The van der Waals surface area contributed by atoms with Gasteiger partial charge in [0.2, 0.25) is 0 Å². The van der Waals surface area contributed by atoms with E-state index in [1.54, 1.807) is 0 Å². The molecule has 0 heterocycles. The molecule has 15 heavy (non-hydrogen) atoms. The number of nitrogens with zero attached hydrogens (tertiary/aromatic N) is 1. The van der Waals surface area contributed by atoms with Crippen molar-refractivity contribution < 1.29 is 0 Å². The molecular formula is C14H30N. The fraction of sp³-hybridized carbons (Fsp3) is 1.00. The van der Waals surface area contributed by atoms with Gasteiger partial charge in [0.05, 0.1) is 0 Å². The summed E-state index contributed by atoms with van der Waals surface area (Å²) in [5, 5.41) is 4.75. The van der Waals surface area contributed by atoms with Crippen LogP contribution in [0.15, 0.2) is 0 Å². The second-order valence-electron chi connectivity index (χ2n) is 4.71. The summed E-state index contributed by atoms with van der Waals surface area (Å²) in [6, 6.07) is 0. The minimum absolute atomic E-state index is 0.842. The molecule has 0 aliphatic heterocycles. The summed E-state index contributed by atoms with van der Waals surface area (Å²) in [6.45, 7) is 11.3. The third-order valence-corrected chi connectivity index (χ3v) is 3.32. The van der Waals surface area contributed by atoms with Gasteiger partial charge >= 0.3 is 0 Å². The highest BCUT2D eigenvalue weighted by atomic mass is 14.9. The Balaban J connectivity index is 3.55. The summed E-state index contributed by atoms with van der Waals surface area (Å²) < 4.78 is 0. The Morgan fingerprint density at radius 3 is 1.40 bits per heavy atom. The highest BCUT2D eigenvalue weighted by Crippen LogP contribution is 2.12. The predicted octanol–water partition coefficient (Wildman–Crippen LogP) is 4.24. The summed E-state index contributed by atoms with van der Waals surface area (Å²) in [4.78, 5) is 0. The van der Waals surface area contributed by atoms with Crippen LogP contribution in [-0.4, -0.2) is 13.1 Å². The molecule has 0 fully saturated rings. The molecule has 0 aromatic rings. The maximum absolute atomic E-state index is 4.75. The molecule has 91 valence electrons. The molecule has 0 aliphatic carbocycles. The Morgan fingerprint density at radius 2 is 1.13 bits per heavy atom. The van der Waals surface area contributed by atoms with Gasteiger partial charge < -0.3 is 0 Å². The zero-order valence-electron chi connectivity index (χ0n) is 11.3. The molecule has 0 spiro atoms. The van der Waals surface area contributed by atoms with Crippen LogP contribution in [0.3, 0.4) is 0 Å². The van der Waals surface area contributed by atoms with E-state index in [4.69, 9.17) is 5.32 Å². The monoisotopic (exact) mass is 212 g/mol. The largest absolute Gasteiger partial charge is 0.241 e. The van der Waals surface area contributed by atoms with Gasteiger partial charge in [-0.2, -0.15) is 0 Å². The minimum atomic E-state index is 0.842. The SMILES string of the molecule is CCCC(CC)C[N]CC(CC)CCC. The molecule has 0 amide bonds. The van der Waals surface area contributed by atoms with Crippen molar-refractivity contribution in [1.29, 1.82) is 0 Å². The summed E-state index contributed by atoms with van der Waals surface area (Å²) in [5.74, 6) is 1.68. The van der Waals surface area contributed by atoms with Gasteiger partial charge in [0.1, 0.15) is 0 Å². The fourth-order valence-corrected chi connectivity index (χ4v) is 2.11. The van der Waals surface area contributed by atoms with E-state index in [0.717, 1.165) is 24.9 Å². The van der Waals surface area contributed by atoms with Crippen molar-refractivity contribution in [2.24, 2.45) is 11.8 Å². The van der Waals surface area contributed by atoms with Gasteiger partial charge in [0.15, 0.2) is 0 Å². The first-order valence-corrected chi connectivity index (χ1v) is 6.91. The van der Waals surface area contributed by atoms with Crippen LogP contribution in [0.2, 0.25) is 0 Å². The van der Waals surface area contributed by atoms with Crippen molar-refractivity contribution in [2.75, 3.05) is 13.1 Å². The molecule has 1 nitrogen and oxygen atoms in total. The van der Waals surface area contributed by atoms with E-state index < -0.39 is 0 Å². The standard InChI is InChI=1S/C14H30N/c1-5-9-13(7-3)11-15-12-14(8-4)10-6-2/h13-14H,5-12H2,1-4H3. The average molecular weight is 212 g/mol. The van der Waals surface area contributed by atoms with Crippen molar-refractivity contribution in [1.82, 2.24) is 5.32 Å². The van der Waals surface area contributed by atoms with Crippen molar-refractivity contribution in [3.63, 3.8) is 0 Å². The minimum Gasteiger partial charge on any atom is -0.241 e. The number of hydrogen-bond acceptors (Lipinski definition) is 0. The smallest absolute Gasteiger partial charge is 0.0161 e. The lowest BCUT2D eigenvalue weighted by Gasteiger charge is -2.17. The highest BCUT2D eigenvalue weighted by Gasteiger charge is 2.08. The van der Waals surface area contributed by atoms with Crippen molar-refractivity contribution in [3.8, 4) is 0 Å². The van der Waals surface area contributed by atoms with Crippen LogP contribution in [0.1, 0.15) is 66.2 Å². The molecule has 0 aliphatic rings. The Labute approximate surface area is 97.0 Å². The topological polar surface area (TPSA) is 14.1 Å². The Hall–Kier alpha value is -0.0400. The van der Waals surface area contributed by atoms with Crippen molar-refractivity contribution in [2.45, 2.75) is 66.2 Å². The molecule has 0 rings (SSSR count). The lowest BCUT2D eigenvalue weighted by Crippen LogP contribution is -2.22. The van der Waals surface area contributed by atoms with Gasteiger partial charge in [-0.1, -0.05) is 53.4 Å².